The van der Waals surface area contributed by atoms with Gasteiger partial charge in [-0.2, -0.15) is 0 Å². The zero-order valence-corrected chi connectivity index (χ0v) is 15.6. The average molecular weight is 357 g/mol. The first-order valence-corrected chi connectivity index (χ1v) is 8.57. The first-order chi connectivity index (χ1) is 11.7. The molecule has 130 valence electrons. The SMILES string of the molecule is Cc1cccc(NC(=O)CN2C(=O)C(C)(C)c3cc(Cl)ccc32)c1C. The number of rotatable bonds is 3. The van der Waals surface area contributed by atoms with E-state index in [0.717, 1.165) is 28.1 Å². The fourth-order valence-corrected chi connectivity index (χ4v) is 3.36. The number of amides is 2. The minimum atomic E-state index is -0.695. The van der Waals surface area contributed by atoms with Gasteiger partial charge in [0.2, 0.25) is 11.8 Å². The van der Waals surface area contributed by atoms with Crippen molar-refractivity contribution in [3.05, 3.63) is 58.1 Å². The molecule has 2 aromatic carbocycles. The molecule has 0 atom stereocenters. The molecule has 1 aliphatic rings. The van der Waals surface area contributed by atoms with Crippen LogP contribution < -0.4 is 10.2 Å². The fourth-order valence-electron chi connectivity index (χ4n) is 3.18. The summed E-state index contributed by atoms with van der Waals surface area (Å²) in [6.07, 6.45) is 0. The number of benzene rings is 2. The first kappa shape index (κ1) is 17.5. The highest BCUT2D eigenvalue weighted by atomic mass is 35.5. The van der Waals surface area contributed by atoms with Crippen LogP contribution in [0.15, 0.2) is 36.4 Å². The molecule has 0 aliphatic carbocycles. The molecule has 0 unspecified atom stereocenters. The van der Waals surface area contributed by atoms with Gasteiger partial charge in [-0.1, -0.05) is 23.7 Å². The van der Waals surface area contributed by atoms with Gasteiger partial charge in [-0.3, -0.25) is 9.59 Å². The highest BCUT2D eigenvalue weighted by Gasteiger charge is 2.44. The topological polar surface area (TPSA) is 49.4 Å². The predicted octanol–water partition coefficient (Wildman–Crippen LogP) is 4.22. The number of halogens is 1. The summed E-state index contributed by atoms with van der Waals surface area (Å²) in [6, 6.07) is 11.1. The van der Waals surface area contributed by atoms with Gasteiger partial charge in [0.15, 0.2) is 0 Å². The molecule has 4 nitrogen and oxygen atoms in total. The monoisotopic (exact) mass is 356 g/mol. The van der Waals surface area contributed by atoms with Crippen molar-refractivity contribution in [1.29, 1.82) is 0 Å². The molecule has 5 heteroatoms. The van der Waals surface area contributed by atoms with Crippen LogP contribution in [0.25, 0.3) is 0 Å². The normalized spacial score (nSPS) is 15.2. The van der Waals surface area contributed by atoms with Crippen LogP contribution in [0.1, 0.15) is 30.5 Å². The molecule has 1 heterocycles. The highest BCUT2D eigenvalue weighted by Crippen LogP contribution is 2.42. The Labute approximate surface area is 152 Å². The van der Waals surface area contributed by atoms with Crippen LogP contribution in [0.5, 0.6) is 0 Å². The summed E-state index contributed by atoms with van der Waals surface area (Å²) < 4.78 is 0. The van der Waals surface area contributed by atoms with E-state index in [1.165, 1.54) is 4.90 Å². The third kappa shape index (κ3) is 3.02. The highest BCUT2D eigenvalue weighted by molar-refractivity contribution is 6.31. The zero-order valence-electron chi connectivity index (χ0n) is 14.8. The first-order valence-electron chi connectivity index (χ1n) is 8.20. The van der Waals surface area contributed by atoms with E-state index in [-0.39, 0.29) is 18.4 Å². The van der Waals surface area contributed by atoms with Gasteiger partial charge in [-0.15, -0.1) is 0 Å². The van der Waals surface area contributed by atoms with Crippen molar-refractivity contribution >= 4 is 34.8 Å². The van der Waals surface area contributed by atoms with E-state index in [4.69, 9.17) is 11.6 Å². The van der Waals surface area contributed by atoms with Gasteiger partial charge < -0.3 is 10.2 Å². The molecule has 0 saturated carbocycles. The average Bonchev–Trinajstić information content (AvgIpc) is 2.73. The van der Waals surface area contributed by atoms with Crippen molar-refractivity contribution in [3.63, 3.8) is 0 Å². The van der Waals surface area contributed by atoms with Crippen molar-refractivity contribution in [1.82, 2.24) is 0 Å². The van der Waals surface area contributed by atoms with Crippen LogP contribution in [0, 0.1) is 13.8 Å². The van der Waals surface area contributed by atoms with E-state index in [0.29, 0.717) is 5.02 Å². The molecule has 2 aromatic rings. The minimum absolute atomic E-state index is 0.0235. The number of aryl methyl sites for hydroxylation is 1. The minimum Gasteiger partial charge on any atom is -0.324 e. The Morgan fingerprint density at radius 1 is 1.20 bits per heavy atom. The summed E-state index contributed by atoms with van der Waals surface area (Å²) in [7, 11) is 0. The Balaban J connectivity index is 1.85. The van der Waals surface area contributed by atoms with Gasteiger partial charge in [0.25, 0.3) is 0 Å². The van der Waals surface area contributed by atoms with Crippen molar-refractivity contribution < 1.29 is 9.59 Å². The van der Waals surface area contributed by atoms with Gasteiger partial charge in [0.1, 0.15) is 6.54 Å². The molecular formula is C20H21ClN2O2. The third-order valence-corrected chi connectivity index (χ3v) is 5.12. The molecule has 0 aromatic heterocycles. The second kappa shape index (κ2) is 6.19. The van der Waals surface area contributed by atoms with E-state index < -0.39 is 5.41 Å². The van der Waals surface area contributed by atoms with Crippen molar-refractivity contribution in [2.45, 2.75) is 33.1 Å². The van der Waals surface area contributed by atoms with Gasteiger partial charge in [-0.05, 0) is 68.7 Å². The molecule has 1 N–H and O–H groups in total. The molecule has 0 bridgehead atoms. The van der Waals surface area contributed by atoms with Gasteiger partial charge in [0, 0.05) is 16.4 Å². The second-order valence-electron chi connectivity index (χ2n) is 6.97. The Morgan fingerprint density at radius 2 is 1.92 bits per heavy atom. The lowest BCUT2D eigenvalue weighted by molar-refractivity contribution is -0.124. The molecule has 1 aliphatic heterocycles. The van der Waals surface area contributed by atoms with Crippen molar-refractivity contribution in [2.75, 3.05) is 16.8 Å². The summed E-state index contributed by atoms with van der Waals surface area (Å²) in [5, 5.41) is 3.49. The maximum absolute atomic E-state index is 12.8. The largest absolute Gasteiger partial charge is 0.324 e. The molecule has 0 fully saturated rings. The summed E-state index contributed by atoms with van der Waals surface area (Å²) in [5.74, 6) is -0.318. The number of hydrogen-bond donors (Lipinski definition) is 1. The number of nitrogens with zero attached hydrogens (tertiary/aromatic N) is 1. The van der Waals surface area contributed by atoms with Crippen LogP contribution in [0.2, 0.25) is 5.02 Å². The number of carbonyl (C=O) groups is 2. The number of fused-ring (bicyclic) bond motifs is 1. The predicted molar refractivity (Wildman–Crippen MR) is 101 cm³/mol. The lowest BCUT2D eigenvalue weighted by Gasteiger charge is -2.20. The van der Waals surface area contributed by atoms with Crippen LogP contribution in [-0.2, 0) is 15.0 Å². The lowest BCUT2D eigenvalue weighted by atomic mass is 9.86. The van der Waals surface area contributed by atoms with E-state index in [2.05, 4.69) is 5.32 Å². The van der Waals surface area contributed by atoms with Crippen LogP contribution in [0.3, 0.4) is 0 Å². The summed E-state index contributed by atoms with van der Waals surface area (Å²) in [5.41, 5.74) is 3.80. The summed E-state index contributed by atoms with van der Waals surface area (Å²) in [6.45, 7) is 7.65. The third-order valence-electron chi connectivity index (χ3n) is 4.88. The Kier molecular flexibility index (Phi) is 4.33. The Morgan fingerprint density at radius 3 is 2.64 bits per heavy atom. The summed E-state index contributed by atoms with van der Waals surface area (Å²) >= 11 is 6.08. The van der Waals surface area contributed by atoms with Gasteiger partial charge in [0.05, 0.1) is 5.41 Å². The second-order valence-corrected chi connectivity index (χ2v) is 7.41. The summed E-state index contributed by atoms with van der Waals surface area (Å²) in [4.78, 5) is 26.9. The van der Waals surface area contributed by atoms with Crippen molar-refractivity contribution in [3.8, 4) is 0 Å². The smallest absolute Gasteiger partial charge is 0.244 e. The van der Waals surface area contributed by atoms with E-state index >= 15 is 0 Å². The zero-order chi connectivity index (χ0) is 18.4. The standard InChI is InChI=1S/C20H21ClN2O2/c1-12-6-5-7-16(13(12)2)22-18(24)11-23-17-9-8-14(21)10-15(17)20(3,4)19(23)25/h5-10H,11H2,1-4H3,(H,22,24). The van der Waals surface area contributed by atoms with E-state index in [9.17, 15) is 9.59 Å². The van der Waals surface area contributed by atoms with Gasteiger partial charge in [-0.25, -0.2) is 0 Å². The van der Waals surface area contributed by atoms with Crippen molar-refractivity contribution in [2.24, 2.45) is 0 Å². The molecule has 0 radical (unpaired) electrons. The molecule has 0 spiro atoms. The van der Waals surface area contributed by atoms with E-state index in [1.54, 1.807) is 18.2 Å². The number of nitrogens with one attached hydrogen (secondary N) is 1. The maximum atomic E-state index is 12.8. The van der Waals surface area contributed by atoms with Crippen LogP contribution in [0.4, 0.5) is 11.4 Å². The Bertz CT molecular complexity index is 874. The lowest BCUT2D eigenvalue weighted by Crippen LogP contribution is -2.40. The molecular weight excluding hydrogens is 336 g/mol. The maximum Gasteiger partial charge on any atom is 0.244 e. The van der Waals surface area contributed by atoms with Crippen LogP contribution in [-0.4, -0.2) is 18.4 Å². The van der Waals surface area contributed by atoms with Crippen LogP contribution >= 0.6 is 11.6 Å². The quantitative estimate of drug-likeness (QED) is 0.895. The Hall–Kier alpha value is -2.33. The number of hydrogen-bond acceptors (Lipinski definition) is 2. The van der Waals surface area contributed by atoms with E-state index in [1.807, 2.05) is 45.9 Å². The van der Waals surface area contributed by atoms with Gasteiger partial charge >= 0.3 is 0 Å². The number of carbonyl (C=O) groups excluding carboxylic acids is 2. The molecule has 25 heavy (non-hydrogen) atoms. The number of anilines is 2. The molecule has 3 rings (SSSR count). The molecule has 2 amide bonds. The fraction of sp³-hybridized carbons (Fsp3) is 0.300. The molecule has 0 saturated heterocycles.